The minimum Gasteiger partial charge on any atom is -0.484 e. The summed E-state index contributed by atoms with van der Waals surface area (Å²) >= 11 is 0. The van der Waals surface area contributed by atoms with Gasteiger partial charge < -0.3 is 25.3 Å². The summed E-state index contributed by atoms with van der Waals surface area (Å²) < 4.78 is 19.1. The van der Waals surface area contributed by atoms with E-state index in [9.17, 15) is 9.18 Å². The Morgan fingerprint density at radius 1 is 1.19 bits per heavy atom. The Morgan fingerprint density at radius 3 is 2.81 bits per heavy atom. The minimum absolute atomic E-state index is 0.00164. The third-order valence-corrected chi connectivity index (χ3v) is 4.94. The van der Waals surface area contributed by atoms with Gasteiger partial charge in [0.15, 0.2) is 12.6 Å². The van der Waals surface area contributed by atoms with Gasteiger partial charge in [-0.15, -0.1) is 0 Å². The Labute approximate surface area is 187 Å². The Kier molecular flexibility index (Phi) is 8.08. The number of likely N-dealkylation sites (N-methyl/N-ethyl adjacent to an activating group) is 1. The number of hydrogen-bond donors (Lipinski definition) is 3. The number of nitrogens with one attached hydrogen (secondary N) is 3. The molecule has 1 heterocycles. The molecule has 0 radical (unpaired) electrons. The van der Waals surface area contributed by atoms with E-state index in [0.29, 0.717) is 24.8 Å². The van der Waals surface area contributed by atoms with Gasteiger partial charge in [-0.05, 0) is 54.8 Å². The Balaban J connectivity index is 1.57. The molecular formula is C24H30FN5O2. The minimum atomic E-state index is -0.237. The normalized spacial score (nSPS) is 11.4. The van der Waals surface area contributed by atoms with Crippen LogP contribution in [-0.4, -0.2) is 55.5 Å². The number of benzene rings is 2. The van der Waals surface area contributed by atoms with Gasteiger partial charge in [0.25, 0.3) is 5.91 Å². The number of guanidine groups is 1. The number of halogens is 1. The van der Waals surface area contributed by atoms with Gasteiger partial charge in [-0.3, -0.25) is 4.79 Å². The Bertz CT molecular complexity index is 1080. The summed E-state index contributed by atoms with van der Waals surface area (Å²) in [5, 5.41) is 7.46. The molecule has 170 valence electrons. The predicted octanol–water partition coefficient (Wildman–Crippen LogP) is 3.07. The first-order valence-electron chi connectivity index (χ1n) is 10.7. The molecule has 0 saturated heterocycles. The number of amides is 1. The number of aliphatic imine (C=N–C) groups is 1. The molecule has 0 aliphatic heterocycles. The van der Waals surface area contributed by atoms with Crippen LogP contribution in [0.3, 0.4) is 0 Å². The van der Waals surface area contributed by atoms with Crippen LogP contribution >= 0.6 is 0 Å². The van der Waals surface area contributed by atoms with Gasteiger partial charge >= 0.3 is 0 Å². The topological polar surface area (TPSA) is 81.8 Å². The molecule has 2 aromatic carbocycles. The summed E-state index contributed by atoms with van der Waals surface area (Å²) in [4.78, 5) is 21.0. The highest BCUT2D eigenvalue weighted by molar-refractivity contribution is 5.83. The molecule has 3 N–H and O–H groups in total. The number of rotatable bonds is 9. The van der Waals surface area contributed by atoms with Crippen LogP contribution in [-0.2, 0) is 17.8 Å². The maximum Gasteiger partial charge on any atom is 0.259 e. The maximum atomic E-state index is 13.6. The van der Waals surface area contributed by atoms with Crippen molar-refractivity contribution in [2.75, 3.05) is 33.8 Å². The summed E-state index contributed by atoms with van der Waals surface area (Å²) in [6.07, 6.45) is 2.65. The van der Waals surface area contributed by atoms with Crippen molar-refractivity contribution in [2.45, 2.75) is 19.9 Å². The number of carbonyl (C=O) groups excluding carboxylic acids is 1. The van der Waals surface area contributed by atoms with Gasteiger partial charge in [-0.25, -0.2) is 9.38 Å². The number of hydrogen-bond acceptors (Lipinski definition) is 3. The quantitative estimate of drug-likeness (QED) is 0.354. The summed E-state index contributed by atoms with van der Waals surface area (Å²) in [6, 6.07) is 12.3. The standard InChI is InChI=1S/C24H30FN5O2/c1-4-26-24(27-11-10-18-15-28-22-9-8-19(25)13-21(18)22)29-14-17-6-5-7-20(12-17)32-16-23(31)30(2)3/h5-9,12-13,15,28H,4,10-11,14,16H2,1-3H3,(H2,26,27,29). The molecule has 1 amide bonds. The number of fused-ring (bicyclic) bond motifs is 1. The molecule has 32 heavy (non-hydrogen) atoms. The van der Waals surface area contributed by atoms with Crippen molar-refractivity contribution in [3.8, 4) is 5.75 Å². The maximum absolute atomic E-state index is 13.6. The molecule has 3 aromatic rings. The van der Waals surface area contributed by atoms with Crippen LogP contribution in [0.5, 0.6) is 5.75 Å². The molecule has 0 saturated carbocycles. The molecule has 1 aromatic heterocycles. The molecule has 0 aliphatic carbocycles. The smallest absolute Gasteiger partial charge is 0.259 e. The highest BCUT2D eigenvalue weighted by atomic mass is 19.1. The molecule has 0 aliphatic rings. The number of H-pyrrole nitrogens is 1. The van der Waals surface area contributed by atoms with Crippen molar-refractivity contribution in [3.63, 3.8) is 0 Å². The summed E-state index contributed by atoms with van der Waals surface area (Å²) in [6.45, 7) is 3.87. The fourth-order valence-electron chi connectivity index (χ4n) is 3.19. The second-order valence-corrected chi connectivity index (χ2v) is 7.60. The number of aromatic nitrogens is 1. The van der Waals surface area contributed by atoms with Gasteiger partial charge in [0, 0.05) is 44.3 Å². The zero-order valence-corrected chi connectivity index (χ0v) is 18.7. The van der Waals surface area contributed by atoms with E-state index in [1.165, 1.54) is 11.0 Å². The van der Waals surface area contributed by atoms with Gasteiger partial charge in [-0.2, -0.15) is 0 Å². The molecule has 0 unspecified atom stereocenters. The molecule has 7 nitrogen and oxygen atoms in total. The monoisotopic (exact) mass is 439 g/mol. The van der Waals surface area contributed by atoms with E-state index in [1.807, 2.05) is 37.4 Å². The number of nitrogens with zero attached hydrogens (tertiary/aromatic N) is 2. The first kappa shape index (κ1) is 23.1. The van der Waals surface area contributed by atoms with Crippen molar-refractivity contribution in [1.82, 2.24) is 20.5 Å². The molecular weight excluding hydrogens is 409 g/mol. The number of ether oxygens (including phenoxy) is 1. The Morgan fingerprint density at radius 2 is 2.03 bits per heavy atom. The third-order valence-electron chi connectivity index (χ3n) is 4.94. The van der Waals surface area contributed by atoms with Crippen LogP contribution in [0.4, 0.5) is 4.39 Å². The average molecular weight is 440 g/mol. The van der Waals surface area contributed by atoms with E-state index in [1.54, 1.807) is 26.2 Å². The predicted molar refractivity (Wildman–Crippen MR) is 125 cm³/mol. The van der Waals surface area contributed by atoms with Gasteiger partial charge in [-0.1, -0.05) is 12.1 Å². The first-order valence-corrected chi connectivity index (χ1v) is 10.7. The molecule has 0 atom stereocenters. The second-order valence-electron chi connectivity index (χ2n) is 7.60. The van der Waals surface area contributed by atoms with E-state index in [-0.39, 0.29) is 18.3 Å². The van der Waals surface area contributed by atoms with E-state index >= 15 is 0 Å². The Hall–Kier alpha value is -3.55. The van der Waals surface area contributed by atoms with Crippen LogP contribution < -0.4 is 15.4 Å². The average Bonchev–Trinajstić information content (AvgIpc) is 3.18. The zero-order valence-electron chi connectivity index (χ0n) is 18.7. The molecule has 0 fully saturated rings. The largest absolute Gasteiger partial charge is 0.484 e. The summed E-state index contributed by atoms with van der Waals surface area (Å²) in [5.41, 5.74) is 2.96. The SMILES string of the molecule is CCNC(=NCc1cccc(OCC(=O)N(C)C)c1)NCCc1c[nH]c2ccc(F)cc12. The lowest BCUT2D eigenvalue weighted by molar-refractivity contribution is -0.130. The van der Waals surface area contributed by atoms with Crippen molar-refractivity contribution >= 4 is 22.8 Å². The highest BCUT2D eigenvalue weighted by Crippen LogP contribution is 2.19. The first-order chi connectivity index (χ1) is 15.5. The van der Waals surface area contributed by atoms with E-state index in [0.717, 1.165) is 35.0 Å². The highest BCUT2D eigenvalue weighted by Gasteiger charge is 2.07. The van der Waals surface area contributed by atoms with Crippen LogP contribution in [0.25, 0.3) is 10.9 Å². The van der Waals surface area contributed by atoms with Crippen molar-refractivity contribution in [2.24, 2.45) is 4.99 Å². The molecule has 0 spiro atoms. The molecule has 3 rings (SSSR count). The molecule has 0 bridgehead atoms. The van der Waals surface area contributed by atoms with Gasteiger partial charge in [0.1, 0.15) is 11.6 Å². The van der Waals surface area contributed by atoms with Crippen LogP contribution in [0.1, 0.15) is 18.1 Å². The van der Waals surface area contributed by atoms with E-state index in [4.69, 9.17) is 4.74 Å². The van der Waals surface area contributed by atoms with Crippen molar-refractivity contribution in [1.29, 1.82) is 0 Å². The fraction of sp³-hybridized carbons (Fsp3) is 0.333. The van der Waals surface area contributed by atoms with Crippen LogP contribution in [0.2, 0.25) is 0 Å². The fourth-order valence-corrected chi connectivity index (χ4v) is 3.19. The lowest BCUT2D eigenvalue weighted by Crippen LogP contribution is -2.38. The van der Waals surface area contributed by atoms with Crippen molar-refractivity contribution in [3.05, 3.63) is 65.6 Å². The van der Waals surface area contributed by atoms with Gasteiger partial charge in [0.05, 0.1) is 6.54 Å². The lowest BCUT2D eigenvalue weighted by atomic mass is 10.1. The zero-order chi connectivity index (χ0) is 22.9. The second kappa shape index (κ2) is 11.2. The number of aromatic amines is 1. The number of carbonyl (C=O) groups is 1. The molecule has 8 heteroatoms. The summed E-state index contributed by atoms with van der Waals surface area (Å²) in [7, 11) is 3.39. The van der Waals surface area contributed by atoms with Crippen LogP contribution in [0, 0.1) is 5.82 Å². The van der Waals surface area contributed by atoms with E-state index in [2.05, 4.69) is 20.6 Å². The third kappa shape index (κ3) is 6.47. The summed E-state index contributed by atoms with van der Waals surface area (Å²) in [5.74, 6) is 1.01. The van der Waals surface area contributed by atoms with Crippen LogP contribution in [0.15, 0.2) is 53.7 Å². The van der Waals surface area contributed by atoms with E-state index < -0.39 is 0 Å². The van der Waals surface area contributed by atoms with Crippen molar-refractivity contribution < 1.29 is 13.9 Å². The van der Waals surface area contributed by atoms with Gasteiger partial charge in [0.2, 0.25) is 0 Å². The lowest BCUT2D eigenvalue weighted by Gasteiger charge is -2.12.